The second-order valence-electron chi connectivity index (χ2n) is 7.97. The van der Waals surface area contributed by atoms with Crippen molar-refractivity contribution in [3.8, 4) is 5.00 Å². The number of rotatable bonds is 3. The molecule has 0 saturated heterocycles. The molecule has 0 spiro atoms. The van der Waals surface area contributed by atoms with E-state index in [0.29, 0.717) is 13.1 Å². The summed E-state index contributed by atoms with van der Waals surface area (Å²) in [4.78, 5) is 16.9. The second kappa shape index (κ2) is 7.71. The zero-order valence-electron chi connectivity index (χ0n) is 16.9. The molecule has 5 heteroatoms. The minimum absolute atomic E-state index is 0.0251. The monoisotopic (exact) mass is 405 g/mol. The zero-order valence-corrected chi connectivity index (χ0v) is 17.7. The van der Waals surface area contributed by atoms with E-state index in [-0.39, 0.29) is 12.1 Å². The largest absolute Gasteiger partial charge is 0.338 e. The zero-order chi connectivity index (χ0) is 19.8. The first kappa shape index (κ1) is 18.5. The molecule has 0 radical (unpaired) electrons. The molecule has 0 bridgehead atoms. The van der Waals surface area contributed by atoms with Crippen LogP contribution in [0.2, 0.25) is 0 Å². The molecular weight excluding hydrogens is 378 g/mol. The molecule has 150 valence electrons. The van der Waals surface area contributed by atoms with Crippen molar-refractivity contribution >= 4 is 17.4 Å². The van der Waals surface area contributed by atoms with Gasteiger partial charge in [-0.3, -0.25) is 0 Å². The Balaban J connectivity index is 1.68. The van der Waals surface area contributed by atoms with Gasteiger partial charge in [0.05, 0.1) is 18.3 Å². The number of urea groups is 1. The van der Waals surface area contributed by atoms with Crippen LogP contribution in [0.1, 0.15) is 59.5 Å². The Morgan fingerprint density at radius 1 is 1.10 bits per heavy atom. The normalized spacial score (nSPS) is 17.8. The number of aryl methyl sites for hydroxylation is 1. The number of fused-ring (bicyclic) bond motifs is 5. The summed E-state index contributed by atoms with van der Waals surface area (Å²) in [5.74, 6) is 0. The van der Waals surface area contributed by atoms with Gasteiger partial charge in [-0.15, -0.1) is 11.3 Å². The van der Waals surface area contributed by atoms with Gasteiger partial charge >= 0.3 is 6.03 Å². The number of nitrogens with zero attached hydrogens (tertiary/aromatic N) is 2. The molecule has 1 aliphatic carbocycles. The maximum Gasteiger partial charge on any atom is 0.318 e. The van der Waals surface area contributed by atoms with Crippen LogP contribution in [0.3, 0.4) is 0 Å². The Morgan fingerprint density at radius 2 is 1.93 bits per heavy atom. The van der Waals surface area contributed by atoms with E-state index in [1.54, 1.807) is 0 Å². The van der Waals surface area contributed by atoms with E-state index in [9.17, 15) is 4.79 Å². The third kappa shape index (κ3) is 3.18. The van der Waals surface area contributed by atoms with E-state index in [0.717, 1.165) is 18.4 Å². The standard InChI is InChI=1S/C24H27N3OS/c1-2-14-25-24(28)27-16-19-18-11-6-7-13-21(18)29-23(19)26-15-8-12-20(26)22(27)17-9-4-3-5-10-17/h3-5,8-10,12,15,22H,2,6-7,11,13-14,16H2,1H3,(H,25,28). The minimum atomic E-state index is -0.0955. The molecule has 1 atom stereocenters. The van der Waals surface area contributed by atoms with Crippen molar-refractivity contribution in [2.75, 3.05) is 6.54 Å². The quantitative estimate of drug-likeness (QED) is 0.619. The first-order valence-corrected chi connectivity index (χ1v) is 11.5. The van der Waals surface area contributed by atoms with Crippen molar-refractivity contribution in [2.24, 2.45) is 0 Å². The molecule has 2 amide bonds. The molecular formula is C24H27N3OS. The number of hydrogen-bond acceptors (Lipinski definition) is 2. The summed E-state index contributed by atoms with van der Waals surface area (Å²) in [6.45, 7) is 3.46. The average molecular weight is 406 g/mol. The highest BCUT2D eigenvalue weighted by atomic mass is 32.1. The van der Waals surface area contributed by atoms with E-state index in [1.807, 2.05) is 22.3 Å². The van der Waals surface area contributed by atoms with Gasteiger partial charge in [-0.2, -0.15) is 0 Å². The maximum atomic E-state index is 13.3. The summed E-state index contributed by atoms with van der Waals surface area (Å²) in [5.41, 5.74) is 5.17. The average Bonchev–Trinajstić information content (AvgIpc) is 3.34. The number of aromatic nitrogens is 1. The molecule has 2 aliphatic rings. The van der Waals surface area contributed by atoms with Gasteiger partial charge in [0.25, 0.3) is 0 Å². The Labute approximate surface area is 176 Å². The molecule has 1 aromatic carbocycles. The molecule has 3 aromatic rings. The first-order valence-electron chi connectivity index (χ1n) is 10.7. The van der Waals surface area contributed by atoms with E-state index >= 15 is 0 Å². The SMILES string of the molecule is CCCNC(=O)N1Cc2c(sc3c2CCCC3)-n2cccc2C1c1ccccc1. The number of carbonyl (C=O) groups is 1. The van der Waals surface area contributed by atoms with Crippen LogP contribution in [0.5, 0.6) is 0 Å². The third-order valence-corrected chi connectivity index (χ3v) is 7.41. The van der Waals surface area contributed by atoms with Gasteiger partial charge in [0, 0.05) is 23.2 Å². The molecule has 1 unspecified atom stereocenters. The van der Waals surface area contributed by atoms with Gasteiger partial charge in [0.1, 0.15) is 5.00 Å². The van der Waals surface area contributed by atoms with Crippen LogP contribution in [-0.4, -0.2) is 22.0 Å². The Bertz CT molecular complexity index is 1020. The highest BCUT2D eigenvalue weighted by Gasteiger charge is 2.35. The Kier molecular flexibility index (Phi) is 4.92. The van der Waals surface area contributed by atoms with Crippen LogP contribution in [-0.2, 0) is 19.4 Å². The fourth-order valence-electron chi connectivity index (χ4n) is 4.71. The summed E-state index contributed by atoms with van der Waals surface area (Å²) >= 11 is 1.93. The van der Waals surface area contributed by atoms with Crippen molar-refractivity contribution in [3.63, 3.8) is 0 Å². The highest BCUT2D eigenvalue weighted by Crippen LogP contribution is 2.43. The van der Waals surface area contributed by atoms with Gasteiger partial charge in [-0.05, 0) is 55.4 Å². The van der Waals surface area contributed by atoms with Crippen molar-refractivity contribution in [3.05, 3.63) is 75.9 Å². The molecule has 1 aliphatic heterocycles. The topological polar surface area (TPSA) is 37.3 Å². The van der Waals surface area contributed by atoms with E-state index in [1.165, 1.54) is 46.0 Å². The molecule has 0 saturated carbocycles. The van der Waals surface area contributed by atoms with Crippen LogP contribution in [0.25, 0.3) is 5.00 Å². The molecule has 29 heavy (non-hydrogen) atoms. The lowest BCUT2D eigenvalue weighted by molar-refractivity contribution is 0.180. The second-order valence-corrected chi connectivity index (χ2v) is 9.05. The highest BCUT2D eigenvalue weighted by molar-refractivity contribution is 7.15. The molecule has 5 rings (SSSR count). The number of carbonyl (C=O) groups excluding carboxylic acids is 1. The van der Waals surface area contributed by atoms with E-state index in [4.69, 9.17) is 0 Å². The number of hydrogen-bond donors (Lipinski definition) is 1. The summed E-state index contributed by atoms with van der Waals surface area (Å²) in [6, 6.07) is 14.6. The lowest BCUT2D eigenvalue weighted by atomic mass is 9.95. The van der Waals surface area contributed by atoms with Gasteiger partial charge in [0.15, 0.2) is 0 Å². The number of nitrogens with one attached hydrogen (secondary N) is 1. The number of amides is 2. The predicted octanol–water partition coefficient (Wildman–Crippen LogP) is 5.44. The van der Waals surface area contributed by atoms with Gasteiger partial charge in [-0.1, -0.05) is 37.3 Å². The van der Waals surface area contributed by atoms with Crippen LogP contribution >= 0.6 is 11.3 Å². The fraction of sp³-hybridized carbons (Fsp3) is 0.375. The summed E-state index contributed by atoms with van der Waals surface area (Å²) < 4.78 is 2.34. The Morgan fingerprint density at radius 3 is 2.76 bits per heavy atom. The predicted molar refractivity (Wildman–Crippen MR) is 118 cm³/mol. The van der Waals surface area contributed by atoms with E-state index < -0.39 is 0 Å². The van der Waals surface area contributed by atoms with Gasteiger partial charge in [-0.25, -0.2) is 4.79 Å². The Hall–Kier alpha value is -2.53. The van der Waals surface area contributed by atoms with Crippen molar-refractivity contribution in [1.82, 2.24) is 14.8 Å². The molecule has 4 nitrogen and oxygen atoms in total. The summed E-state index contributed by atoms with van der Waals surface area (Å²) in [6.07, 6.45) is 7.94. The molecule has 3 heterocycles. The van der Waals surface area contributed by atoms with E-state index in [2.05, 4.69) is 59.4 Å². The van der Waals surface area contributed by atoms with Crippen molar-refractivity contribution in [1.29, 1.82) is 0 Å². The lowest BCUT2D eigenvalue weighted by Gasteiger charge is -2.31. The number of thiophene rings is 1. The minimum Gasteiger partial charge on any atom is -0.338 e. The molecule has 0 fully saturated rings. The van der Waals surface area contributed by atoms with Gasteiger partial charge < -0.3 is 14.8 Å². The van der Waals surface area contributed by atoms with Crippen LogP contribution in [0.15, 0.2) is 48.7 Å². The van der Waals surface area contributed by atoms with Crippen LogP contribution in [0.4, 0.5) is 4.79 Å². The van der Waals surface area contributed by atoms with Crippen molar-refractivity contribution < 1.29 is 4.79 Å². The maximum absolute atomic E-state index is 13.3. The summed E-state index contributed by atoms with van der Waals surface area (Å²) in [7, 11) is 0. The third-order valence-electron chi connectivity index (χ3n) is 6.08. The lowest BCUT2D eigenvalue weighted by Crippen LogP contribution is -2.42. The van der Waals surface area contributed by atoms with Crippen LogP contribution < -0.4 is 5.32 Å². The smallest absolute Gasteiger partial charge is 0.318 e. The van der Waals surface area contributed by atoms with Crippen molar-refractivity contribution in [2.45, 2.75) is 51.6 Å². The summed E-state index contributed by atoms with van der Waals surface area (Å²) in [5, 5.41) is 4.45. The van der Waals surface area contributed by atoms with Crippen LogP contribution in [0, 0.1) is 0 Å². The first-order chi connectivity index (χ1) is 14.3. The molecule has 2 aromatic heterocycles. The fourth-order valence-corrected chi connectivity index (χ4v) is 6.11. The molecule has 1 N–H and O–H groups in total. The number of benzene rings is 1. The van der Waals surface area contributed by atoms with Gasteiger partial charge in [0.2, 0.25) is 0 Å².